The highest BCUT2D eigenvalue weighted by Gasteiger charge is 2.44. The normalized spacial score (nSPS) is 18.9. The molecule has 3 aromatic rings. The molecule has 0 bridgehead atoms. The highest BCUT2D eigenvalue weighted by Crippen LogP contribution is 2.48. The molecular formula is C23H22ClNO. The number of nitrogens with one attached hydrogen (secondary N) is 1. The summed E-state index contributed by atoms with van der Waals surface area (Å²) in [6.07, 6.45) is 0.918. The van der Waals surface area contributed by atoms with Gasteiger partial charge in [0.15, 0.2) is 0 Å². The van der Waals surface area contributed by atoms with Crippen LogP contribution in [0.15, 0.2) is 60.7 Å². The fourth-order valence-corrected chi connectivity index (χ4v) is 3.79. The van der Waals surface area contributed by atoms with Crippen LogP contribution in [0.4, 0.5) is 5.69 Å². The van der Waals surface area contributed by atoms with Crippen molar-refractivity contribution in [2.75, 3.05) is 5.32 Å². The molecule has 0 radical (unpaired) electrons. The van der Waals surface area contributed by atoms with Crippen molar-refractivity contribution in [3.05, 3.63) is 76.8 Å². The first kappa shape index (κ1) is 17.1. The zero-order valence-corrected chi connectivity index (χ0v) is 15.8. The first-order chi connectivity index (χ1) is 12.5. The summed E-state index contributed by atoms with van der Waals surface area (Å²) in [6, 6.07) is 20.3. The Hall–Kier alpha value is -2.32. The predicted molar refractivity (Wildman–Crippen MR) is 109 cm³/mol. The van der Waals surface area contributed by atoms with E-state index >= 15 is 0 Å². The molecule has 1 aliphatic carbocycles. The minimum absolute atomic E-state index is 0.0550. The summed E-state index contributed by atoms with van der Waals surface area (Å²) in [4.78, 5) is 12.7. The predicted octanol–water partition coefficient (Wildman–Crippen LogP) is 6.36. The monoisotopic (exact) mass is 363 g/mol. The fourth-order valence-electron chi connectivity index (χ4n) is 3.55. The van der Waals surface area contributed by atoms with Gasteiger partial charge in [0.05, 0.1) is 0 Å². The summed E-state index contributed by atoms with van der Waals surface area (Å²) >= 11 is 6.27. The van der Waals surface area contributed by atoms with Gasteiger partial charge in [-0.2, -0.15) is 0 Å². The van der Waals surface area contributed by atoms with Gasteiger partial charge in [0.2, 0.25) is 5.91 Å². The van der Waals surface area contributed by atoms with Crippen molar-refractivity contribution >= 4 is 34.0 Å². The van der Waals surface area contributed by atoms with E-state index in [9.17, 15) is 4.79 Å². The maximum absolute atomic E-state index is 12.7. The van der Waals surface area contributed by atoms with Crippen molar-refractivity contribution < 1.29 is 4.79 Å². The van der Waals surface area contributed by atoms with E-state index in [4.69, 9.17) is 11.6 Å². The average molecular weight is 364 g/mol. The van der Waals surface area contributed by atoms with Crippen molar-refractivity contribution in [1.82, 2.24) is 0 Å². The van der Waals surface area contributed by atoms with Gasteiger partial charge in [0.25, 0.3) is 0 Å². The molecule has 26 heavy (non-hydrogen) atoms. The Morgan fingerprint density at radius 1 is 1.08 bits per heavy atom. The van der Waals surface area contributed by atoms with Crippen LogP contribution in [0.1, 0.15) is 43.2 Å². The van der Waals surface area contributed by atoms with Gasteiger partial charge >= 0.3 is 0 Å². The average Bonchev–Trinajstić information content (AvgIpc) is 3.43. The van der Waals surface area contributed by atoms with Gasteiger partial charge in [-0.15, -0.1) is 0 Å². The second kappa shape index (κ2) is 6.77. The van der Waals surface area contributed by atoms with Crippen LogP contribution in [0.3, 0.4) is 0 Å². The molecule has 2 nitrogen and oxygen atoms in total. The molecule has 0 heterocycles. The van der Waals surface area contributed by atoms with E-state index < -0.39 is 0 Å². The molecule has 3 aromatic carbocycles. The van der Waals surface area contributed by atoms with Gasteiger partial charge in [0.1, 0.15) is 0 Å². The molecule has 1 saturated carbocycles. The van der Waals surface area contributed by atoms with Crippen LogP contribution in [0.5, 0.6) is 0 Å². The summed E-state index contributed by atoms with van der Waals surface area (Å²) < 4.78 is 0. The molecule has 2 atom stereocenters. The van der Waals surface area contributed by atoms with Crippen LogP contribution in [0.2, 0.25) is 5.02 Å². The first-order valence-corrected chi connectivity index (χ1v) is 9.50. The Kier molecular flexibility index (Phi) is 4.46. The van der Waals surface area contributed by atoms with E-state index in [-0.39, 0.29) is 11.8 Å². The summed E-state index contributed by atoms with van der Waals surface area (Å²) in [5.74, 6) is 0.983. The third kappa shape index (κ3) is 3.34. The minimum Gasteiger partial charge on any atom is -0.326 e. The Labute approximate surface area is 159 Å². The van der Waals surface area contributed by atoms with Gasteiger partial charge in [-0.1, -0.05) is 67.9 Å². The third-order valence-corrected chi connectivity index (χ3v) is 5.56. The lowest BCUT2D eigenvalue weighted by atomic mass is 9.98. The highest BCUT2D eigenvalue weighted by molar-refractivity contribution is 6.35. The lowest BCUT2D eigenvalue weighted by Crippen LogP contribution is -2.14. The molecule has 132 valence electrons. The van der Waals surface area contributed by atoms with E-state index in [1.165, 1.54) is 11.1 Å². The van der Waals surface area contributed by atoms with Crippen LogP contribution in [0, 0.1) is 5.92 Å². The first-order valence-electron chi connectivity index (χ1n) is 9.12. The van der Waals surface area contributed by atoms with Gasteiger partial charge in [-0.05, 0) is 53.0 Å². The molecule has 3 heteroatoms. The molecule has 0 saturated heterocycles. The molecule has 0 aromatic heterocycles. The second-order valence-electron chi connectivity index (χ2n) is 7.44. The Bertz CT molecular complexity index is 979. The largest absolute Gasteiger partial charge is 0.326 e. The smallest absolute Gasteiger partial charge is 0.228 e. The highest BCUT2D eigenvalue weighted by atomic mass is 35.5. The maximum atomic E-state index is 12.7. The number of hydrogen-bond acceptors (Lipinski definition) is 1. The minimum atomic E-state index is 0.0550. The second-order valence-corrected chi connectivity index (χ2v) is 7.85. The fraction of sp³-hybridized carbons (Fsp3) is 0.261. The standard InChI is InChI=1S/C23H22ClNO/c1-14(2)16-6-3-7-17(11-16)19-13-21(19)23(26)25-18-10-9-15-5-4-8-22(24)20(15)12-18/h3-12,14,19,21H,13H2,1-2H3,(H,25,26)/t19-,21+/m0/s1. The molecule has 0 unspecified atom stereocenters. The number of benzene rings is 3. The van der Waals surface area contributed by atoms with Crippen LogP contribution in [-0.2, 0) is 4.79 Å². The van der Waals surface area contributed by atoms with Gasteiger partial charge in [0, 0.05) is 22.0 Å². The molecular weight excluding hydrogens is 342 g/mol. The van der Waals surface area contributed by atoms with Gasteiger partial charge in [-0.3, -0.25) is 4.79 Å². The third-order valence-electron chi connectivity index (χ3n) is 5.23. The topological polar surface area (TPSA) is 29.1 Å². The molecule has 1 N–H and O–H groups in total. The van der Waals surface area contributed by atoms with Crippen molar-refractivity contribution in [2.45, 2.75) is 32.1 Å². The molecule has 0 aliphatic heterocycles. The van der Waals surface area contributed by atoms with Crippen LogP contribution in [-0.4, -0.2) is 5.91 Å². The molecule has 1 fully saturated rings. The summed E-state index contributed by atoms with van der Waals surface area (Å²) in [5, 5.41) is 5.80. The quantitative estimate of drug-likeness (QED) is 0.574. The number of amides is 1. The summed E-state index contributed by atoms with van der Waals surface area (Å²) in [6.45, 7) is 4.39. The number of fused-ring (bicyclic) bond motifs is 1. The summed E-state index contributed by atoms with van der Waals surface area (Å²) in [5.41, 5.74) is 3.41. The van der Waals surface area contributed by atoms with Crippen molar-refractivity contribution in [3.63, 3.8) is 0 Å². The van der Waals surface area contributed by atoms with Crippen molar-refractivity contribution in [3.8, 4) is 0 Å². The number of anilines is 1. The van der Waals surface area contributed by atoms with E-state index in [0.29, 0.717) is 16.9 Å². The van der Waals surface area contributed by atoms with E-state index in [2.05, 4.69) is 43.4 Å². The molecule has 4 rings (SSSR count). The zero-order chi connectivity index (χ0) is 18.3. The molecule has 1 aliphatic rings. The number of carbonyl (C=O) groups excluding carboxylic acids is 1. The lowest BCUT2D eigenvalue weighted by molar-refractivity contribution is -0.117. The summed E-state index contributed by atoms with van der Waals surface area (Å²) in [7, 11) is 0. The molecule has 0 spiro atoms. The number of halogens is 1. The Morgan fingerprint density at radius 2 is 1.88 bits per heavy atom. The van der Waals surface area contributed by atoms with Gasteiger partial charge in [-0.25, -0.2) is 0 Å². The van der Waals surface area contributed by atoms with E-state index in [0.717, 1.165) is 22.9 Å². The van der Waals surface area contributed by atoms with Crippen LogP contribution < -0.4 is 5.32 Å². The number of carbonyl (C=O) groups is 1. The molecule has 1 amide bonds. The number of rotatable bonds is 4. The van der Waals surface area contributed by atoms with Crippen LogP contribution in [0.25, 0.3) is 10.8 Å². The Morgan fingerprint density at radius 3 is 2.69 bits per heavy atom. The number of hydrogen-bond donors (Lipinski definition) is 1. The zero-order valence-electron chi connectivity index (χ0n) is 15.0. The van der Waals surface area contributed by atoms with Crippen LogP contribution >= 0.6 is 11.6 Å². The lowest BCUT2D eigenvalue weighted by Gasteiger charge is -2.09. The van der Waals surface area contributed by atoms with E-state index in [1.54, 1.807) is 0 Å². The van der Waals surface area contributed by atoms with Gasteiger partial charge < -0.3 is 5.32 Å². The van der Waals surface area contributed by atoms with Crippen molar-refractivity contribution in [2.24, 2.45) is 5.92 Å². The van der Waals surface area contributed by atoms with E-state index in [1.807, 2.05) is 36.4 Å². The van der Waals surface area contributed by atoms with Crippen molar-refractivity contribution in [1.29, 1.82) is 0 Å². The SMILES string of the molecule is CC(C)c1cccc([C@@H]2C[C@H]2C(=O)Nc2ccc3cccc(Cl)c3c2)c1. The maximum Gasteiger partial charge on any atom is 0.228 e. The Balaban J connectivity index is 1.48.